The van der Waals surface area contributed by atoms with Gasteiger partial charge in [0.2, 0.25) is 0 Å². The van der Waals surface area contributed by atoms with Crippen molar-refractivity contribution >= 4 is 0 Å². The number of nitrogens with zero attached hydrogens (tertiary/aromatic N) is 2. The van der Waals surface area contributed by atoms with Gasteiger partial charge in [-0.1, -0.05) is 0 Å². The Kier molecular flexibility index (Phi) is 3.34. The first-order chi connectivity index (χ1) is 7.31. The molecule has 1 aliphatic rings. The van der Waals surface area contributed by atoms with Crippen LogP contribution in [0.3, 0.4) is 0 Å². The van der Waals surface area contributed by atoms with Gasteiger partial charge in [0.05, 0.1) is 0 Å². The molecule has 0 amide bonds. The van der Waals surface area contributed by atoms with Gasteiger partial charge in [0, 0.05) is 24.9 Å². The monoisotopic (exact) mass is 205 g/mol. The van der Waals surface area contributed by atoms with E-state index in [1.54, 1.807) is 0 Å². The minimum atomic E-state index is 0.498. The van der Waals surface area contributed by atoms with Crippen LogP contribution >= 0.6 is 0 Å². The van der Waals surface area contributed by atoms with Crippen molar-refractivity contribution in [2.24, 2.45) is 11.7 Å². The molecule has 1 aromatic rings. The van der Waals surface area contributed by atoms with Crippen molar-refractivity contribution in [2.45, 2.75) is 12.3 Å². The molecule has 1 saturated heterocycles. The third-order valence-corrected chi connectivity index (χ3v) is 3.39. The first kappa shape index (κ1) is 10.6. The molecule has 2 N–H and O–H groups in total. The summed E-state index contributed by atoms with van der Waals surface area (Å²) in [5.74, 6) is 1.21. The van der Waals surface area contributed by atoms with Crippen LogP contribution in [0, 0.1) is 5.92 Å². The molecule has 2 heterocycles. The standard InChI is InChI=1S/C12H19N3/c1-15-7-4-11(9-15)12(8-13)10-2-5-14-6-3-10/h2-3,5-6,11-12H,4,7-9,13H2,1H3. The average Bonchev–Trinajstić information content (AvgIpc) is 2.68. The molecule has 1 fully saturated rings. The Balaban J connectivity index is 2.11. The highest BCUT2D eigenvalue weighted by Crippen LogP contribution is 2.30. The van der Waals surface area contributed by atoms with E-state index in [2.05, 4.69) is 29.1 Å². The van der Waals surface area contributed by atoms with Crippen molar-refractivity contribution in [3.63, 3.8) is 0 Å². The molecule has 3 heteroatoms. The van der Waals surface area contributed by atoms with Gasteiger partial charge in [-0.2, -0.15) is 0 Å². The summed E-state index contributed by atoms with van der Waals surface area (Å²) in [6.45, 7) is 3.11. The molecule has 0 aliphatic carbocycles. The van der Waals surface area contributed by atoms with Crippen LogP contribution in [-0.4, -0.2) is 36.6 Å². The predicted molar refractivity (Wildman–Crippen MR) is 61.6 cm³/mol. The Morgan fingerprint density at radius 2 is 2.27 bits per heavy atom. The molecule has 2 unspecified atom stereocenters. The van der Waals surface area contributed by atoms with Gasteiger partial charge in [0.25, 0.3) is 0 Å². The molecule has 1 aliphatic heterocycles. The van der Waals surface area contributed by atoms with Crippen molar-refractivity contribution in [3.8, 4) is 0 Å². The summed E-state index contributed by atoms with van der Waals surface area (Å²) in [6.07, 6.45) is 4.98. The first-order valence-corrected chi connectivity index (χ1v) is 5.60. The normalized spacial score (nSPS) is 24.3. The van der Waals surface area contributed by atoms with E-state index in [1.165, 1.54) is 25.1 Å². The number of rotatable bonds is 3. The van der Waals surface area contributed by atoms with Crippen molar-refractivity contribution in [1.29, 1.82) is 0 Å². The van der Waals surface area contributed by atoms with Crippen LogP contribution in [0.1, 0.15) is 17.9 Å². The SMILES string of the molecule is CN1CCC(C(CN)c2ccncc2)C1. The lowest BCUT2D eigenvalue weighted by Crippen LogP contribution is -2.24. The van der Waals surface area contributed by atoms with E-state index in [0.717, 1.165) is 6.54 Å². The Hall–Kier alpha value is -0.930. The smallest absolute Gasteiger partial charge is 0.0270 e. The summed E-state index contributed by atoms with van der Waals surface area (Å²) in [5, 5.41) is 0. The number of hydrogen-bond donors (Lipinski definition) is 1. The Labute approximate surface area is 91.3 Å². The van der Waals surface area contributed by atoms with E-state index in [-0.39, 0.29) is 0 Å². The van der Waals surface area contributed by atoms with E-state index in [9.17, 15) is 0 Å². The third-order valence-electron chi connectivity index (χ3n) is 3.39. The summed E-state index contributed by atoms with van der Waals surface area (Å²) in [6, 6.07) is 4.19. The molecule has 15 heavy (non-hydrogen) atoms. The van der Waals surface area contributed by atoms with Crippen LogP contribution in [0.4, 0.5) is 0 Å². The molecule has 0 radical (unpaired) electrons. The summed E-state index contributed by atoms with van der Waals surface area (Å²) >= 11 is 0. The van der Waals surface area contributed by atoms with Gasteiger partial charge < -0.3 is 10.6 Å². The summed E-state index contributed by atoms with van der Waals surface area (Å²) in [5.41, 5.74) is 7.23. The van der Waals surface area contributed by atoms with Crippen molar-refractivity contribution in [1.82, 2.24) is 9.88 Å². The second kappa shape index (κ2) is 4.73. The Morgan fingerprint density at radius 1 is 1.53 bits per heavy atom. The molecule has 0 aromatic carbocycles. The quantitative estimate of drug-likeness (QED) is 0.802. The fraction of sp³-hybridized carbons (Fsp3) is 0.583. The summed E-state index contributed by atoms with van der Waals surface area (Å²) in [4.78, 5) is 6.44. The van der Waals surface area contributed by atoms with Crippen LogP contribution < -0.4 is 5.73 Å². The van der Waals surface area contributed by atoms with Gasteiger partial charge in [-0.05, 0) is 50.2 Å². The molecular weight excluding hydrogens is 186 g/mol. The maximum absolute atomic E-state index is 5.89. The van der Waals surface area contributed by atoms with E-state index < -0.39 is 0 Å². The molecule has 0 bridgehead atoms. The highest BCUT2D eigenvalue weighted by atomic mass is 15.1. The fourth-order valence-corrected chi connectivity index (χ4v) is 2.51. The van der Waals surface area contributed by atoms with E-state index in [0.29, 0.717) is 11.8 Å². The van der Waals surface area contributed by atoms with Crippen molar-refractivity contribution in [2.75, 3.05) is 26.7 Å². The van der Waals surface area contributed by atoms with Crippen LogP contribution in [0.15, 0.2) is 24.5 Å². The zero-order chi connectivity index (χ0) is 10.7. The van der Waals surface area contributed by atoms with Crippen molar-refractivity contribution < 1.29 is 0 Å². The summed E-state index contributed by atoms with van der Waals surface area (Å²) in [7, 11) is 2.18. The van der Waals surface area contributed by atoms with Crippen LogP contribution in [0.5, 0.6) is 0 Å². The van der Waals surface area contributed by atoms with Crippen molar-refractivity contribution in [3.05, 3.63) is 30.1 Å². The Morgan fingerprint density at radius 3 is 2.80 bits per heavy atom. The van der Waals surface area contributed by atoms with Crippen LogP contribution in [0.2, 0.25) is 0 Å². The maximum Gasteiger partial charge on any atom is 0.0270 e. The molecule has 2 atom stereocenters. The fourth-order valence-electron chi connectivity index (χ4n) is 2.51. The van der Waals surface area contributed by atoms with Gasteiger partial charge in [-0.3, -0.25) is 4.98 Å². The first-order valence-electron chi connectivity index (χ1n) is 5.60. The van der Waals surface area contributed by atoms with Crippen LogP contribution in [-0.2, 0) is 0 Å². The number of pyridine rings is 1. The summed E-state index contributed by atoms with van der Waals surface area (Å²) < 4.78 is 0. The lowest BCUT2D eigenvalue weighted by molar-refractivity contribution is 0.371. The van der Waals surface area contributed by atoms with Gasteiger partial charge in [0.15, 0.2) is 0 Å². The number of aromatic nitrogens is 1. The molecule has 3 nitrogen and oxygen atoms in total. The molecule has 0 spiro atoms. The minimum absolute atomic E-state index is 0.498. The molecular formula is C12H19N3. The minimum Gasteiger partial charge on any atom is -0.330 e. The second-order valence-corrected chi connectivity index (χ2v) is 4.43. The van der Waals surface area contributed by atoms with E-state index in [4.69, 9.17) is 5.73 Å². The number of nitrogens with two attached hydrogens (primary N) is 1. The van der Waals surface area contributed by atoms with Gasteiger partial charge >= 0.3 is 0 Å². The molecule has 2 rings (SSSR count). The largest absolute Gasteiger partial charge is 0.330 e. The maximum atomic E-state index is 5.89. The van der Waals surface area contributed by atoms with Gasteiger partial charge in [0.1, 0.15) is 0 Å². The number of hydrogen-bond acceptors (Lipinski definition) is 3. The topological polar surface area (TPSA) is 42.1 Å². The number of likely N-dealkylation sites (tertiary alicyclic amines) is 1. The van der Waals surface area contributed by atoms with Gasteiger partial charge in [-0.25, -0.2) is 0 Å². The zero-order valence-corrected chi connectivity index (χ0v) is 9.26. The zero-order valence-electron chi connectivity index (χ0n) is 9.26. The molecule has 82 valence electrons. The lowest BCUT2D eigenvalue weighted by atomic mass is 9.86. The highest BCUT2D eigenvalue weighted by molar-refractivity contribution is 5.18. The van der Waals surface area contributed by atoms with E-state index in [1.807, 2.05) is 12.4 Å². The lowest BCUT2D eigenvalue weighted by Gasteiger charge is -2.22. The van der Waals surface area contributed by atoms with E-state index >= 15 is 0 Å². The molecule has 1 aromatic heterocycles. The molecule has 0 saturated carbocycles. The third kappa shape index (κ3) is 2.36. The van der Waals surface area contributed by atoms with Gasteiger partial charge in [-0.15, -0.1) is 0 Å². The Bertz CT molecular complexity index is 299. The highest BCUT2D eigenvalue weighted by Gasteiger charge is 2.27. The van der Waals surface area contributed by atoms with Crippen LogP contribution in [0.25, 0.3) is 0 Å². The predicted octanol–water partition coefficient (Wildman–Crippen LogP) is 1.08. The average molecular weight is 205 g/mol. The second-order valence-electron chi connectivity index (χ2n) is 4.43.